The molecular weight excluding hydrogens is 266 g/mol. The van der Waals surface area contributed by atoms with Gasteiger partial charge in [0.1, 0.15) is 0 Å². The molecule has 22 heavy (non-hydrogen) atoms. The van der Waals surface area contributed by atoms with Crippen LogP contribution in [-0.4, -0.2) is 4.98 Å². The molecule has 0 aliphatic heterocycles. The van der Waals surface area contributed by atoms with E-state index in [0.717, 1.165) is 5.52 Å². The van der Waals surface area contributed by atoms with Crippen LogP contribution in [0.15, 0.2) is 91.1 Å². The predicted molar refractivity (Wildman–Crippen MR) is 92.6 cm³/mol. The summed E-state index contributed by atoms with van der Waals surface area (Å²) >= 11 is 0. The molecule has 0 aliphatic carbocycles. The van der Waals surface area contributed by atoms with Crippen LogP contribution in [0, 0.1) is 0 Å². The van der Waals surface area contributed by atoms with Gasteiger partial charge in [0.2, 0.25) is 0 Å². The summed E-state index contributed by atoms with van der Waals surface area (Å²) in [6, 6.07) is 29.5. The Morgan fingerprint density at radius 3 is 1.95 bits per heavy atom. The highest BCUT2D eigenvalue weighted by Crippen LogP contribution is 2.30. The number of fused-ring (bicyclic) bond motifs is 1. The van der Waals surface area contributed by atoms with E-state index in [4.69, 9.17) is 0 Å². The van der Waals surface area contributed by atoms with E-state index >= 15 is 0 Å². The van der Waals surface area contributed by atoms with Crippen LogP contribution in [0.5, 0.6) is 0 Å². The second kappa shape index (κ2) is 5.45. The Bertz CT molecular complexity index is 912. The lowest BCUT2D eigenvalue weighted by Gasteiger charge is -2.09. The van der Waals surface area contributed by atoms with E-state index in [1.165, 1.54) is 27.6 Å². The minimum absolute atomic E-state index is 1.03. The van der Waals surface area contributed by atoms with Gasteiger partial charge in [0.15, 0.2) is 0 Å². The Morgan fingerprint density at radius 1 is 0.545 bits per heavy atom. The first-order valence-electron chi connectivity index (χ1n) is 7.41. The smallest absolute Gasteiger partial charge is 0.0708 e. The third-order valence-corrected chi connectivity index (χ3v) is 3.93. The van der Waals surface area contributed by atoms with Crippen molar-refractivity contribution in [1.82, 2.24) is 4.98 Å². The summed E-state index contributed by atoms with van der Waals surface area (Å²) in [6.07, 6.45) is 1.88. The largest absolute Gasteiger partial charge is 0.256 e. The zero-order valence-corrected chi connectivity index (χ0v) is 12.1. The molecule has 1 nitrogen and oxygen atoms in total. The van der Waals surface area contributed by atoms with Crippen LogP contribution in [0.1, 0.15) is 0 Å². The molecule has 0 saturated heterocycles. The lowest BCUT2D eigenvalue weighted by molar-refractivity contribution is 1.41. The molecule has 0 amide bonds. The Morgan fingerprint density at radius 2 is 1.23 bits per heavy atom. The average Bonchev–Trinajstić information content (AvgIpc) is 2.62. The molecule has 0 saturated carbocycles. The maximum absolute atomic E-state index is 4.50. The molecule has 1 heterocycles. The van der Waals surface area contributed by atoms with E-state index in [0.29, 0.717) is 0 Å². The van der Waals surface area contributed by atoms with Crippen LogP contribution in [0.3, 0.4) is 0 Å². The standard InChI is InChI=1S/C21H15N/c1-3-7-16(8-4-1)18-11-12-21-20(15-18)19(13-14-22-21)17-9-5-2-6-10-17/h1-15H. The fourth-order valence-corrected chi connectivity index (χ4v) is 2.83. The monoisotopic (exact) mass is 281 g/mol. The quantitative estimate of drug-likeness (QED) is 0.468. The van der Waals surface area contributed by atoms with Crippen molar-refractivity contribution in [1.29, 1.82) is 0 Å². The third-order valence-electron chi connectivity index (χ3n) is 3.93. The number of hydrogen-bond donors (Lipinski definition) is 0. The minimum atomic E-state index is 1.03. The second-order valence-corrected chi connectivity index (χ2v) is 5.32. The fraction of sp³-hybridized carbons (Fsp3) is 0. The van der Waals surface area contributed by atoms with E-state index in [1.54, 1.807) is 0 Å². The van der Waals surface area contributed by atoms with E-state index < -0.39 is 0 Å². The normalized spacial score (nSPS) is 10.7. The zero-order valence-electron chi connectivity index (χ0n) is 12.1. The first kappa shape index (κ1) is 12.8. The highest BCUT2D eigenvalue weighted by atomic mass is 14.6. The summed E-state index contributed by atoms with van der Waals surface area (Å²) in [7, 11) is 0. The molecule has 0 spiro atoms. The first-order chi connectivity index (χ1) is 10.9. The lowest BCUT2D eigenvalue weighted by Crippen LogP contribution is -1.86. The Labute approximate surface area is 129 Å². The predicted octanol–water partition coefficient (Wildman–Crippen LogP) is 5.57. The molecule has 4 aromatic rings. The van der Waals surface area contributed by atoms with Gasteiger partial charge in [-0.15, -0.1) is 0 Å². The van der Waals surface area contributed by atoms with Gasteiger partial charge < -0.3 is 0 Å². The van der Waals surface area contributed by atoms with E-state index in [2.05, 4.69) is 77.8 Å². The van der Waals surface area contributed by atoms with Crippen molar-refractivity contribution < 1.29 is 0 Å². The molecule has 104 valence electrons. The maximum atomic E-state index is 4.50. The number of rotatable bonds is 2. The molecule has 0 aliphatic rings. The van der Waals surface area contributed by atoms with Gasteiger partial charge in [-0.05, 0) is 40.5 Å². The van der Waals surface area contributed by atoms with Crippen LogP contribution in [0.25, 0.3) is 33.2 Å². The fourth-order valence-electron chi connectivity index (χ4n) is 2.83. The molecule has 0 unspecified atom stereocenters. The highest BCUT2D eigenvalue weighted by molar-refractivity contribution is 5.96. The van der Waals surface area contributed by atoms with Crippen LogP contribution in [-0.2, 0) is 0 Å². The van der Waals surface area contributed by atoms with Crippen LogP contribution in [0.2, 0.25) is 0 Å². The van der Waals surface area contributed by atoms with Crippen LogP contribution < -0.4 is 0 Å². The molecule has 0 bridgehead atoms. The molecule has 0 radical (unpaired) electrons. The number of nitrogens with zero attached hydrogens (tertiary/aromatic N) is 1. The molecule has 1 heteroatoms. The van der Waals surface area contributed by atoms with Crippen molar-refractivity contribution >= 4 is 10.9 Å². The van der Waals surface area contributed by atoms with Crippen LogP contribution >= 0.6 is 0 Å². The summed E-state index contributed by atoms with van der Waals surface area (Å²) in [5.41, 5.74) is 5.93. The van der Waals surface area contributed by atoms with E-state index in [9.17, 15) is 0 Å². The minimum Gasteiger partial charge on any atom is -0.256 e. The molecule has 0 fully saturated rings. The highest BCUT2D eigenvalue weighted by Gasteiger charge is 2.06. The molecule has 4 rings (SSSR count). The topological polar surface area (TPSA) is 12.9 Å². The summed E-state index contributed by atoms with van der Waals surface area (Å²) in [5, 5.41) is 1.19. The van der Waals surface area contributed by atoms with Crippen molar-refractivity contribution in [2.45, 2.75) is 0 Å². The van der Waals surface area contributed by atoms with Gasteiger partial charge in [0, 0.05) is 11.6 Å². The van der Waals surface area contributed by atoms with Crippen molar-refractivity contribution in [3.8, 4) is 22.3 Å². The van der Waals surface area contributed by atoms with E-state index in [-0.39, 0.29) is 0 Å². The van der Waals surface area contributed by atoms with Crippen molar-refractivity contribution in [2.24, 2.45) is 0 Å². The van der Waals surface area contributed by atoms with Crippen molar-refractivity contribution in [2.75, 3.05) is 0 Å². The van der Waals surface area contributed by atoms with Gasteiger partial charge in [-0.3, -0.25) is 4.98 Å². The molecule has 3 aromatic carbocycles. The molecular formula is C21H15N. The Hall–Kier alpha value is -2.93. The van der Waals surface area contributed by atoms with Gasteiger partial charge in [-0.1, -0.05) is 66.7 Å². The lowest BCUT2D eigenvalue weighted by atomic mass is 9.97. The Kier molecular flexibility index (Phi) is 3.17. The van der Waals surface area contributed by atoms with Gasteiger partial charge in [-0.2, -0.15) is 0 Å². The second-order valence-electron chi connectivity index (χ2n) is 5.32. The first-order valence-corrected chi connectivity index (χ1v) is 7.41. The van der Waals surface area contributed by atoms with Gasteiger partial charge in [-0.25, -0.2) is 0 Å². The zero-order chi connectivity index (χ0) is 14.8. The number of hydrogen-bond acceptors (Lipinski definition) is 1. The van der Waals surface area contributed by atoms with Gasteiger partial charge in [0.25, 0.3) is 0 Å². The summed E-state index contributed by atoms with van der Waals surface area (Å²) in [5.74, 6) is 0. The average molecular weight is 281 g/mol. The number of benzene rings is 3. The van der Waals surface area contributed by atoms with Gasteiger partial charge >= 0.3 is 0 Å². The maximum Gasteiger partial charge on any atom is 0.0708 e. The SMILES string of the molecule is c1ccc(-c2ccc3nccc(-c4ccccc4)c3c2)cc1. The summed E-state index contributed by atoms with van der Waals surface area (Å²) in [4.78, 5) is 4.50. The number of pyridine rings is 1. The molecule has 0 N–H and O–H groups in total. The summed E-state index contributed by atoms with van der Waals surface area (Å²) in [6.45, 7) is 0. The van der Waals surface area contributed by atoms with Gasteiger partial charge in [0.05, 0.1) is 5.52 Å². The summed E-state index contributed by atoms with van der Waals surface area (Å²) < 4.78 is 0. The van der Waals surface area contributed by atoms with Crippen molar-refractivity contribution in [3.05, 3.63) is 91.1 Å². The molecule has 0 atom stereocenters. The van der Waals surface area contributed by atoms with Crippen molar-refractivity contribution in [3.63, 3.8) is 0 Å². The Balaban J connectivity index is 1.95. The molecule has 1 aromatic heterocycles. The van der Waals surface area contributed by atoms with E-state index in [1.807, 2.05) is 18.3 Å². The number of aromatic nitrogens is 1. The third kappa shape index (κ3) is 2.27. The van der Waals surface area contributed by atoms with Crippen LogP contribution in [0.4, 0.5) is 0 Å².